The Hall–Kier alpha value is -4.00. The first-order chi connectivity index (χ1) is 16.1. The lowest BCUT2D eigenvalue weighted by molar-refractivity contribution is 0.193. The molecule has 1 unspecified atom stereocenters. The van der Waals surface area contributed by atoms with Gasteiger partial charge in [0.2, 0.25) is 0 Å². The zero-order chi connectivity index (χ0) is 22.9. The molecule has 1 aromatic heterocycles. The maximum Gasteiger partial charge on any atom is 0.322 e. The van der Waals surface area contributed by atoms with Gasteiger partial charge in [0.1, 0.15) is 17.3 Å². The summed E-state index contributed by atoms with van der Waals surface area (Å²) in [5.41, 5.74) is 4.52. The molecule has 3 aromatic carbocycles. The number of methoxy groups -OCH3 is 2. The third-order valence-corrected chi connectivity index (χ3v) is 6.10. The topological polar surface area (TPSA) is 66.6 Å². The van der Waals surface area contributed by atoms with Crippen LogP contribution in [0, 0.1) is 5.82 Å². The Labute approximate surface area is 190 Å². The number of nitrogens with one attached hydrogen (secondary N) is 2. The number of ether oxygens (including phenoxy) is 2. The fraction of sp³-hybridized carbons (Fsp3) is 0.192. The summed E-state index contributed by atoms with van der Waals surface area (Å²) in [5.74, 6) is 1.12. The molecule has 0 saturated carbocycles. The van der Waals surface area contributed by atoms with Gasteiger partial charge in [0.05, 0.1) is 20.3 Å². The van der Waals surface area contributed by atoms with Crippen molar-refractivity contribution in [2.24, 2.45) is 0 Å². The van der Waals surface area contributed by atoms with Crippen LogP contribution in [0.25, 0.3) is 10.9 Å². The average Bonchev–Trinajstić information content (AvgIpc) is 3.22. The van der Waals surface area contributed by atoms with E-state index in [2.05, 4.69) is 10.3 Å². The van der Waals surface area contributed by atoms with Crippen LogP contribution in [-0.4, -0.2) is 36.7 Å². The fourth-order valence-corrected chi connectivity index (χ4v) is 4.50. The number of aromatic amines is 1. The van der Waals surface area contributed by atoms with E-state index in [1.165, 1.54) is 12.1 Å². The van der Waals surface area contributed by atoms with Crippen LogP contribution in [-0.2, 0) is 6.42 Å². The highest BCUT2D eigenvalue weighted by Gasteiger charge is 2.34. The van der Waals surface area contributed by atoms with E-state index in [0.29, 0.717) is 24.4 Å². The molecular formula is C26H24FN3O3. The summed E-state index contributed by atoms with van der Waals surface area (Å²) in [5, 5.41) is 4.05. The van der Waals surface area contributed by atoms with Gasteiger partial charge in [-0.15, -0.1) is 0 Å². The van der Waals surface area contributed by atoms with E-state index in [1.807, 2.05) is 36.4 Å². The van der Waals surface area contributed by atoms with E-state index in [9.17, 15) is 9.18 Å². The number of anilines is 1. The number of urea groups is 1. The van der Waals surface area contributed by atoms with Gasteiger partial charge >= 0.3 is 6.03 Å². The Kier molecular flexibility index (Phi) is 5.38. The molecule has 2 N–H and O–H groups in total. The maximum absolute atomic E-state index is 13.7. The van der Waals surface area contributed by atoms with Gasteiger partial charge in [0.15, 0.2) is 0 Å². The van der Waals surface area contributed by atoms with Crippen molar-refractivity contribution in [2.45, 2.75) is 12.5 Å². The highest BCUT2D eigenvalue weighted by atomic mass is 19.1. The summed E-state index contributed by atoms with van der Waals surface area (Å²) >= 11 is 0. The molecule has 5 rings (SSSR count). The van der Waals surface area contributed by atoms with Gasteiger partial charge in [-0.1, -0.05) is 18.2 Å². The van der Waals surface area contributed by atoms with Crippen molar-refractivity contribution in [1.82, 2.24) is 9.88 Å². The summed E-state index contributed by atoms with van der Waals surface area (Å²) in [6.45, 7) is 0.509. The van der Waals surface area contributed by atoms with Crippen molar-refractivity contribution >= 4 is 22.6 Å². The number of carbonyl (C=O) groups excluding carboxylic acids is 1. The minimum atomic E-state index is -0.390. The van der Waals surface area contributed by atoms with Crippen LogP contribution >= 0.6 is 0 Å². The number of hydrogen-bond acceptors (Lipinski definition) is 3. The van der Waals surface area contributed by atoms with E-state index in [0.717, 1.165) is 33.5 Å². The minimum Gasteiger partial charge on any atom is -0.497 e. The second kappa shape index (κ2) is 8.50. The van der Waals surface area contributed by atoms with Crippen molar-refractivity contribution < 1.29 is 18.7 Å². The van der Waals surface area contributed by atoms with Gasteiger partial charge < -0.3 is 24.7 Å². The predicted molar refractivity (Wildman–Crippen MR) is 126 cm³/mol. The highest BCUT2D eigenvalue weighted by Crippen LogP contribution is 2.39. The zero-order valence-corrected chi connectivity index (χ0v) is 18.4. The molecule has 6 nitrogen and oxygen atoms in total. The number of hydrogen-bond donors (Lipinski definition) is 2. The molecule has 0 saturated heterocycles. The summed E-state index contributed by atoms with van der Waals surface area (Å²) in [7, 11) is 3.23. The van der Waals surface area contributed by atoms with Crippen molar-refractivity contribution in [2.75, 3.05) is 26.1 Å². The normalized spacial score (nSPS) is 15.2. The minimum absolute atomic E-state index is 0.237. The molecule has 7 heteroatoms. The molecule has 1 atom stereocenters. The van der Waals surface area contributed by atoms with Crippen LogP contribution < -0.4 is 14.8 Å². The van der Waals surface area contributed by atoms with E-state index in [-0.39, 0.29) is 11.8 Å². The number of fused-ring (bicyclic) bond motifs is 3. The van der Waals surface area contributed by atoms with E-state index in [4.69, 9.17) is 9.47 Å². The number of amides is 2. The summed E-state index contributed by atoms with van der Waals surface area (Å²) in [6.07, 6.45) is 0.686. The molecule has 0 spiro atoms. The molecule has 0 fully saturated rings. The molecule has 0 aliphatic carbocycles. The van der Waals surface area contributed by atoms with E-state index >= 15 is 0 Å². The summed E-state index contributed by atoms with van der Waals surface area (Å²) < 4.78 is 24.4. The van der Waals surface area contributed by atoms with Crippen molar-refractivity contribution in [3.63, 3.8) is 0 Å². The smallest absolute Gasteiger partial charge is 0.322 e. The molecule has 0 radical (unpaired) electrons. The van der Waals surface area contributed by atoms with Gasteiger partial charge in [-0.25, -0.2) is 9.18 Å². The monoisotopic (exact) mass is 445 g/mol. The number of rotatable bonds is 4. The Morgan fingerprint density at radius 3 is 2.55 bits per heavy atom. The molecule has 33 heavy (non-hydrogen) atoms. The standard InChI is InChI=1S/C26H24FN3O3/c1-32-19-5-3-4-18(14-19)28-26(31)30-13-12-21-22-15-20(33-2)10-11-23(22)29-24(21)25(30)16-6-8-17(27)9-7-16/h3-11,14-15,25,29H,12-13H2,1-2H3,(H,28,31). The third kappa shape index (κ3) is 3.86. The Bertz CT molecular complexity index is 1320. The lowest BCUT2D eigenvalue weighted by Gasteiger charge is -2.36. The molecule has 4 aromatic rings. The van der Waals surface area contributed by atoms with Crippen LogP contribution in [0.3, 0.4) is 0 Å². The number of carbonyl (C=O) groups is 1. The second-order valence-electron chi connectivity index (χ2n) is 7.99. The van der Waals surface area contributed by atoms with Crippen LogP contribution in [0.2, 0.25) is 0 Å². The number of aromatic nitrogens is 1. The molecule has 1 aliphatic heterocycles. The maximum atomic E-state index is 13.7. The average molecular weight is 445 g/mol. The fourth-order valence-electron chi connectivity index (χ4n) is 4.50. The van der Waals surface area contributed by atoms with Crippen molar-refractivity contribution in [1.29, 1.82) is 0 Å². The predicted octanol–water partition coefficient (Wildman–Crippen LogP) is 5.50. The SMILES string of the molecule is COc1cccc(NC(=O)N2CCc3c([nH]c4ccc(OC)cc34)C2c2ccc(F)cc2)c1. The quantitative estimate of drug-likeness (QED) is 0.436. The van der Waals surface area contributed by atoms with Crippen LogP contribution in [0.1, 0.15) is 22.9 Å². The summed E-state index contributed by atoms with van der Waals surface area (Å²) in [6, 6.07) is 18.8. The first-order valence-electron chi connectivity index (χ1n) is 10.7. The molecule has 0 bridgehead atoms. The lowest BCUT2D eigenvalue weighted by atomic mass is 9.92. The van der Waals surface area contributed by atoms with Crippen LogP contribution in [0.4, 0.5) is 14.9 Å². The largest absolute Gasteiger partial charge is 0.497 e. The van der Waals surface area contributed by atoms with E-state index in [1.54, 1.807) is 37.3 Å². The molecule has 168 valence electrons. The number of benzene rings is 3. The zero-order valence-electron chi connectivity index (χ0n) is 18.4. The third-order valence-electron chi connectivity index (χ3n) is 6.10. The van der Waals surface area contributed by atoms with Crippen LogP contribution in [0.15, 0.2) is 66.7 Å². The first-order valence-corrected chi connectivity index (χ1v) is 10.7. The molecular weight excluding hydrogens is 421 g/mol. The van der Waals surface area contributed by atoms with Gasteiger partial charge in [0, 0.05) is 34.9 Å². The van der Waals surface area contributed by atoms with Gasteiger partial charge in [-0.2, -0.15) is 0 Å². The Balaban J connectivity index is 1.56. The van der Waals surface area contributed by atoms with E-state index < -0.39 is 6.04 Å². The van der Waals surface area contributed by atoms with Gasteiger partial charge in [0.25, 0.3) is 0 Å². The molecule has 2 heterocycles. The highest BCUT2D eigenvalue weighted by molar-refractivity contribution is 5.92. The van der Waals surface area contributed by atoms with Gasteiger partial charge in [-0.05, 0) is 60.0 Å². The summed E-state index contributed by atoms with van der Waals surface area (Å²) in [4.78, 5) is 18.7. The first kappa shape index (κ1) is 20.9. The number of H-pyrrole nitrogens is 1. The second-order valence-corrected chi connectivity index (χ2v) is 7.99. The van der Waals surface area contributed by atoms with Crippen molar-refractivity contribution in [3.8, 4) is 11.5 Å². The lowest BCUT2D eigenvalue weighted by Crippen LogP contribution is -2.43. The number of halogens is 1. The molecule has 1 aliphatic rings. The Morgan fingerprint density at radius 1 is 1.03 bits per heavy atom. The van der Waals surface area contributed by atoms with Crippen LogP contribution in [0.5, 0.6) is 11.5 Å². The Morgan fingerprint density at radius 2 is 1.79 bits per heavy atom. The van der Waals surface area contributed by atoms with Gasteiger partial charge in [-0.3, -0.25) is 0 Å². The molecule has 2 amide bonds. The number of nitrogens with zero attached hydrogens (tertiary/aromatic N) is 1. The van der Waals surface area contributed by atoms with Crippen molar-refractivity contribution in [3.05, 3.63) is 89.4 Å².